The summed E-state index contributed by atoms with van der Waals surface area (Å²) in [6, 6.07) is 9.43. The quantitative estimate of drug-likeness (QED) is 0.526. The number of anilines is 2. The molecule has 4 rings (SSSR count). The first-order valence-corrected chi connectivity index (χ1v) is 11.8. The zero-order valence-electron chi connectivity index (χ0n) is 18.6. The normalized spacial score (nSPS) is 21.8. The third kappa shape index (κ3) is 6.40. The lowest BCUT2D eigenvalue weighted by molar-refractivity contribution is -0.181. The molecule has 2 atom stereocenters. The molecule has 6 nitrogen and oxygen atoms in total. The van der Waals surface area contributed by atoms with Crippen molar-refractivity contribution < 1.29 is 22.7 Å². The molecule has 3 N–H and O–H groups in total. The number of aromatic nitrogens is 1. The van der Waals surface area contributed by atoms with E-state index in [-0.39, 0.29) is 25.3 Å². The summed E-state index contributed by atoms with van der Waals surface area (Å²) < 4.78 is 44.6. The maximum Gasteiger partial charge on any atom is 0.393 e. The molecule has 1 aromatic heterocycles. The first-order valence-electron chi connectivity index (χ1n) is 11.5. The lowest BCUT2D eigenvalue weighted by Gasteiger charge is -2.30. The minimum atomic E-state index is -4.33. The molecule has 0 bridgehead atoms. The molecule has 1 aromatic carbocycles. The predicted molar refractivity (Wildman–Crippen MR) is 126 cm³/mol. The summed E-state index contributed by atoms with van der Waals surface area (Å²) in [5.74, 6) is -2.01. The summed E-state index contributed by atoms with van der Waals surface area (Å²) in [4.78, 5) is 16.8. The van der Waals surface area contributed by atoms with Gasteiger partial charge in [-0.15, -0.1) is 0 Å². The summed E-state index contributed by atoms with van der Waals surface area (Å²) in [6.45, 7) is 2.46. The highest BCUT2D eigenvalue weighted by molar-refractivity contribution is 6.33. The van der Waals surface area contributed by atoms with Gasteiger partial charge in [-0.3, -0.25) is 4.79 Å². The topological polar surface area (TPSA) is 75.3 Å². The maximum absolute atomic E-state index is 13.1. The Morgan fingerprint density at radius 2 is 2.00 bits per heavy atom. The van der Waals surface area contributed by atoms with E-state index in [1.165, 1.54) is 6.20 Å². The van der Waals surface area contributed by atoms with Gasteiger partial charge in [-0.25, -0.2) is 4.98 Å². The van der Waals surface area contributed by atoms with Crippen LogP contribution < -0.4 is 16.0 Å². The molecule has 0 unspecified atom stereocenters. The number of benzene rings is 1. The Morgan fingerprint density at radius 3 is 2.76 bits per heavy atom. The Morgan fingerprint density at radius 1 is 1.21 bits per heavy atom. The molecule has 34 heavy (non-hydrogen) atoms. The molecule has 0 spiro atoms. The first-order chi connectivity index (χ1) is 16.3. The van der Waals surface area contributed by atoms with Crippen molar-refractivity contribution in [2.24, 2.45) is 17.8 Å². The van der Waals surface area contributed by atoms with Crippen LogP contribution in [0.5, 0.6) is 0 Å². The van der Waals surface area contributed by atoms with Crippen molar-refractivity contribution in [3.05, 3.63) is 41.6 Å². The third-order valence-corrected chi connectivity index (χ3v) is 6.70. The van der Waals surface area contributed by atoms with E-state index in [1.54, 1.807) is 6.07 Å². The van der Waals surface area contributed by atoms with Crippen molar-refractivity contribution in [1.82, 2.24) is 10.3 Å². The number of halogens is 4. The van der Waals surface area contributed by atoms with E-state index in [1.807, 2.05) is 24.3 Å². The molecule has 2 fully saturated rings. The SMILES string of the molecule is O=C(Nc1cc(-c2cccc(NCC3CCOCC3)c2)c(Cl)cn1)[C@H]1CNC[C@@H](C(F)(F)F)C1. The highest BCUT2D eigenvalue weighted by atomic mass is 35.5. The zero-order chi connectivity index (χ0) is 24.1. The number of nitrogens with one attached hydrogen (secondary N) is 3. The van der Waals surface area contributed by atoms with Crippen LogP contribution in [-0.2, 0) is 9.53 Å². The van der Waals surface area contributed by atoms with E-state index in [0.29, 0.717) is 16.5 Å². The molecule has 0 aliphatic carbocycles. The standard InChI is InChI=1S/C24H28ClF3N4O2/c25-21-14-31-22(32-23(33)17-8-18(13-29-12-17)24(26,27)28)10-20(21)16-2-1-3-19(9-16)30-11-15-4-6-34-7-5-15/h1-3,9-10,14-15,17-18,29-30H,4-8,11-13H2,(H,31,32,33)/t17-,18+/m1/s1. The average Bonchev–Trinajstić information content (AvgIpc) is 2.84. The third-order valence-electron chi connectivity index (χ3n) is 6.40. The fourth-order valence-corrected chi connectivity index (χ4v) is 4.57. The summed E-state index contributed by atoms with van der Waals surface area (Å²) in [5, 5.41) is 9.25. The van der Waals surface area contributed by atoms with Gasteiger partial charge in [0.05, 0.1) is 16.9 Å². The second-order valence-electron chi connectivity index (χ2n) is 8.89. The van der Waals surface area contributed by atoms with Gasteiger partial charge in [-0.1, -0.05) is 23.7 Å². The van der Waals surface area contributed by atoms with Crippen LogP contribution in [0.4, 0.5) is 24.7 Å². The number of piperidine rings is 1. The predicted octanol–water partition coefficient (Wildman–Crippen LogP) is 4.97. The van der Waals surface area contributed by atoms with Crippen LogP contribution in [0.2, 0.25) is 5.02 Å². The lowest BCUT2D eigenvalue weighted by atomic mass is 9.89. The minimum absolute atomic E-state index is 0.171. The van der Waals surface area contributed by atoms with E-state index < -0.39 is 23.9 Å². The van der Waals surface area contributed by atoms with Crippen LogP contribution in [0.25, 0.3) is 11.1 Å². The summed E-state index contributed by atoms with van der Waals surface area (Å²) in [5.41, 5.74) is 2.47. The van der Waals surface area contributed by atoms with E-state index >= 15 is 0 Å². The lowest BCUT2D eigenvalue weighted by Crippen LogP contribution is -2.46. The van der Waals surface area contributed by atoms with Crippen molar-refractivity contribution in [3.63, 3.8) is 0 Å². The maximum atomic E-state index is 13.1. The van der Waals surface area contributed by atoms with Crippen molar-refractivity contribution in [2.45, 2.75) is 25.4 Å². The number of carbonyl (C=O) groups excluding carboxylic acids is 1. The number of hydrogen-bond acceptors (Lipinski definition) is 5. The van der Waals surface area contributed by atoms with Gasteiger partial charge in [0, 0.05) is 50.3 Å². The average molecular weight is 497 g/mol. The van der Waals surface area contributed by atoms with Gasteiger partial charge in [0.1, 0.15) is 5.82 Å². The number of ether oxygens (including phenoxy) is 1. The Labute approximate surface area is 201 Å². The molecular weight excluding hydrogens is 469 g/mol. The molecular formula is C24H28ClF3N4O2. The van der Waals surface area contributed by atoms with Crippen molar-refractivity contribution in [2.75, 3.05) is 43.5 Å². The summed E-state index contributed by atoms with van der Waals surface area (Å²) >= 11 is 6.39. The summed E-state index contributed by atoms with van der Waals surface area (Å²) in [6.07, 6.45) is -1.07. The smallest absolute Gasteiger partial charge is 0.385 e. The fourth-order valence-electron chi connectivity index (χ4n) is 4.36. The van der Waals surface area contributed by atoms with Gasteiger partial charge in [0.25, 0.3) is 0 Å². The molecule has 2 aliphatic rings. The van der Waals surface area contributed by atoms with Gasteiger partial charge in [-0.05, 0) is 48.9 Å². The van der Waals surface area contributed by atoms with E-state index in [2.05, 4.69) is 20.9 Å². The monoisotopic (exact) mass is 496 g/mol. The van der Waals surface area contributed by atoms with E-state index in [9.17, 15) is 18.0 Å². The van der Waals surface area contributed by atoms with Crippen LogP contribution in [0.15, 0.2) is 36.5 Å². The molecule has 184 valence electrons. The molecule has 2 aliphatic heterocycles. The van der Waals surface area contributed by atoms with Gasteiger partial charge in [0.15, 0.2) is 0 Å². The Bertz CT molecular complexity index is 998. The largest absolute Gasteiger partial charge is 0.393 e. The van der Waals surface area contributed by atoms with Crippen LogP contribution in [-0.4, -0.2) is 49.9 Å². The minimum Gasteiger partial charge on any atom is -0.385 e. The highest BCUT2D eigenvalue weighted by Gasteiger charge is 2.43. The van der Waals surface area contributed by atoms with Crippen LogP contribution in [0, 0.1) is 17.8 Å². The second-order valence-corrected chi connectivity index (χ2v) is 9.29. The van der Waals surface area contributed by atoms with Crippen LogP contribution in [0.1, 0.15) is 19.3 Å². The Balaban J connectivity index is 1.43. The van der Waals surface area contributed by atoms with Gasteiger partial charge < -0.3 is 20.7 Å². The first kappa shape index (κ1) is 24.8. The Kier molecular flexibility index (Phi) is 7.95. The van der Waals surface area contributed by atoms with Crippen LogP contribution in [0.3, 0.4) is 0 Å². The molecule has 2 saturated heterocycles. The van der Waals surface area contributed by atoms with E-state index in [0.717, 1.165) is 43.9 Å². The number of hydrogen-bond donors (Lipinski definition) is 3. The number of rotatable bonds is 6. The Hall–Kier alpha value is -2.36. The second kappa shape index (κ2) is 10.9. The zero-order valence-corrected chi connectivity index (χ0v) is 19.4. The number of pyridine rings is 1. The van der Waals surface area contributed by atoms with E-state index in [4.69, 9.17) is 16.3 Å². The number of nitrogens with zero attached hydrogens (tertiary/aromatic N) is 1. The summed E-state index contributed by atoms with van der Waals surface area (Å²) in [7, 11) is 0. The number of amides is 1. The van der Waals surface area contributed by atoms with Gasteiger partial charge in [0.2, 0.25) is 5.91 Å². The number of alkyl halides is 3. The van der Waals surface area contributed by atoms with Crippen LogP contribution >= 0.6 is 11.6 Å². The molecule has 1 amide bonds. The van der Waals surface area contributed by atoms with Gasteiger partial charge in [-0.2, -0.15) is 13.2 Å². The number of carbonyl (C=O) groups is 1. The van der Waals surface area contributed by atoms with Gasteiger partial charge >= 0.3 is 6.18 Å². The molecule has 10 heteroatoms. The highest BCUT2D eigenvalue weighted by Crippen LogP contribution is 2.34. The molecule has 2 aromatic rings. The van der Waals surface area contributed by atoms with Crippen molar-refractivity contribution in [1.29, 1.82) is 0 Å². The van der Waals surface area contributed by atoms with Crippen molar-refractivity contribution in [3.8, 4) is 11.1 Å². The van der Waals surface area contributed by atoms with Crippen molar-refractivity contribution >= 4 is 29.0 Å². The molecule has 0 saturated carbocycles. The molecule has 3 heterocycles. The fraction of sp³-hybridized carbons (Fsp3) is 0.500. The molecule has 0 radical (unpaired) electrons.